The Kier molecular flexibility index (Phi) is 7.81. The van der Waals surface area contributed by atoms with Crippen LogP contribution in [0.2, 0.25) is 0 Å². The molecule has 0 radical (unpaired) electrons. The first-order valence-corrected chi connectivity index (χ1v) is 12.1. The Balaban J connectivity index is 1.24. The number of amides is 2. The van der Waals surface area contributed by atoms with Crippen molar-refractivity contribution in [1.82, 2.24) is 14.8 Å². The number of ether oxygens (including phenoxy) is 1. The van der Waals surface area contributed by atoms with Crippen LogP contribution in [0.5, 0.6) is 5.75 Å². The lowest BCUT2D eigenvalue weighted by Crippen LogP contribution is -2.51. The van der Waals surface area contributed by atoms with Crippen molar-refractivity contribution in [3.8, 4) is 5.75 Å². The molecule has 2 aliphatic rings. The van der Waals surface area contributed by atoms with E-state index >= 15 is 0 Å². The van der Waals surface area contributed by atoms with Crippen LogP contribution < -0.4 is 10.5 Å². The Bertz CT molecular complexity index is 933. The number of pyridine rings is 1. The zero-order valence-corrected chi connectivity index (χ0v) is 19.2. The number of nitrogens with two attached hydrogens (primary N) is 1. The van der Waals surface area contributed by atoms with Crippen LogP contribution in [0.25, 0.3) is 0 Å². The van der Waals surface area contributed by atoms with Gasteiger partial charge in [-0.2, -0.15) is 0 Å². The van der Waals surface area contributed by atoms with Gasteiger partial charge in [0, 0.05) is 37.9 Å². The molecule has 4 rings (SSSR count). The standard InChI is InChI=1S/C26H34N4O3/c27-24-10-9-21(19-28-24)17-25(31)29-12-14-30(15-13-29)26(32)22-7-4-8-23(18-22)33-16-11-20-5-2-1-3-6-20/h4,7-10,18-20H,1-3,5-6,11-17H2,(H2,27,28). The zero-order chi connectivity index (χ0) is 23.0. The Morgan fingerprint density at radius 2 is 1.76 bits per heavy atom. The van der Waals surface area contributed by atoms with Gasteiger partial charge < -0.3 is 20.3 Å². The topological polar surface area (TPSA) is 88.8 Å². The Morgan fingerprint density at radius 1 is 1.00 bits per heavy atom. The molecule has 7 heteroatoms. The molecule has 0 bridgehead atoms. The van der Waals surface area contributed by atoms with E-state index in [9.17, 15) is 9.59 Å². The minimum absolute atomic E-state index is 0.0115. The first kappa shape index (κ1) is 23.1. The zero-order valence-electron chi connectivity index (χ0n) is 19.2. The van der Waals surface area contributed by atoms with Gasteiger partial charge in [0.25, 0.3) is 5.91 Å². The van der Waals surface area contributed by atoms with Crippen molar-refractivity contribution in [3.05, 3.63) is 53.7 Å². The average molecular weight is 451 g/mol. The van der Waals surface area contributed by atoms with Crippen LogP contribution in [0.4, 0.5) is 5.82 Å². The Hall–Kier alpha value is -3.09. The summed E-state index contributed by atoms with van der Waals surface area (Å²) in [6, 6.07) is 11.0. The molecule has 0 atom stereocenters. The number of hydrogen-bond donors (Lipinski definition) is 1. The molecule has 33 heavy (non-hydrogen) atoms. The number of rotatable bonds is 7. The molecule has 2 N–H and O–H groups in total. The van der Waals surface area contributed by atoms with Gasteiger partial charge in [0.05, 0.1) is 13.0 Å². The van der Waals surface area contributed by atoms with Gasteiger partial charge in [-0.3, -0.25) is 9.59 Å². The monoisotopic (exact) mass is 450 g/mol. The highest BCUT2D eigenvalue weighted by molar-refractivity contribution is 5.94. The molecule has 1 saturated heterocycles. The smallest absolute Gasteiger partial charge is 0.254 e. The van der Waals surface area contributed by atoms with Crippen LogP contribution in [0.15, 0.2) is 42.6 Å². The van der Waals surface area contributed by atoms with Crippen LogP contribution in [0.1, 0.15) is 54.4 Å². The van der Waals surface area contributed by atoms with E-state index in [4.69, 9.17) is 10.5 Å². The van der Waals surface area contributed by atoms with Crippen molar-refractivity contribution in [2.24, 2.45) is 5.92 Å². The normalized spacial score (nSPS) is 17.1. The molecular formula is C26H34N4O3. The van der Waals surface area contributed by atoms with E-state index in [1.807, 2.05) is 40.1 Å². The molecular weight excluding hydrogens is 416 g/mol. The van der Waals surface area contributed by atoms with E-state index < -0.39 is 0 Å². The van der Waals surface area contributed by atoms with Gasteiger partial charge in [0.2, 0.25) is 5.91 Å². The van der Waals surface area contributed by atoms with Crippen LogP contribution >= 0.6 is 0 Å². The van der Waals surface area contributed by atoms with Crippen LogP contribution in [-0.2, 0) is 11.2 Å². The first-order valence-electron chi connectivity index (χ1n) is 12.1. The third-order valence-corrected chi connectivity index (χ3v) is 6.72. The summed E-state index contributed by atoms with van der Waals surface area (Å²) in [5.74, 6) is 2.00. The molecule has 0 spiro atoms. The molecule has 2 heterocycles. The number of hydrogen-bond acceptors (Lipinski definition) is 5. The van der Waals surface area contributed by atoms with Crippen LogP contribution in [0, 0.1) is 5.92 Å². The third kappa shape index (κ3) is 6.46. The molecule has 0 unspecified atom stereocenters. The number of anilines is 1. The van der Waals surface area contributed by atoms with E-state index in [1.165, 1.54) is 32.1 Å². The number of aromatic nitrogens is 1. The van der Waals surface area contributed by atoms with Crippen molar-refractivity contribution in [2.75, 3.05) is 38.5 Å². The number of piperazine rings is 1. The molecule has 1 saturated carbocycles. The van der Waals surface area contributed by atoms with E-state index in [1.54, 1.807) is 12.3 Å². The Labute approximate surface area is 195 Å². The molecule has 1 aromatic carbocycles. The summed E-state index contributed by atoms with van der Waals surface area (Å²) >= 11 is 0. The summed E-state index contributed by atoms with van der Waals surface area (Å²) in [5, 5.41) is 0. The summed E-state index contributed by atoms with van der Waals surface area (Å²) in [6.45, 7) is 2.82. The molecule has 1 aromatic heterocycles. The van der Waals surface area contributed by atoms with E-state index in [0.717, 1.165) is 23.7 Å². The number of nitrogens with zero attached hydrogens (tertiary/aromatic N) is 3. The van der Waals surface area contributed by atoms with E-state index in [2.05, 4.69) is 4.98 Å². The Morgan fingerprint density at radius 3 is 2.48 bits per heavy atom. The summed E-state index contributed by atoms with van der Waals surface area (Å²) in [5.41, 5.74) is 7.08. The SMILES string of the molecule is Nc1ccc(CC(=O)N2CCN(C(=O)c3cccc(OCCC4CCCCC4)c3)CC2)cn1. The van der Waals surface area contributed by atoms with Crippen LogP contribution in [0.3, 0.4) is 0 Å². The predicted octanol–water partition coefficient (Wildman–Crippen LogP) is 3.54. The number of benzene rings is 1. The molecule has 176 valence electrons. The highest BCUT2D eigenvalue weighted by Crippen LogP contribution is 2.26. The second-order valence-electron chi connectivity index (χ2n) is 9.11. The predicted molar refractivity (Wildman–Crippen MR) is 128 cm³/mol. The fourth-order valence-electron chi connectivity index (χ4n) is 4.71. The fraction of sp³-hybridized carbons (Fsp3) is 0.500. The molecule has 1 aliphatic heterocycles. The lowest BCUT2D eigenvalue weighted by atomic mass is 9.87. The first-order chi connectivity index (χ1) is 16.1. The van der Waals surface area contributed by atoms with E-state index in [0.29, 0.717) is 50.6 Å². The van der Waals surface area contributed by atoms with Crippen molar-refractivity contribution in [3.63, 3.8) is 0 Å². The van der Waals surface area contributed by atoms with Crippen molar-refractivity contribution >= 4 is 17.6 Å². The maximum absolute atomic E-state index is 13.0. The maximum atomic E-state index is 13.0. The van der Waals surface area contributed by atoms with E-state index in [-0.39, 0.29) is 11.8 Å². The lowest BCUT2D eigenvalue weighted by molar-refractivity contribution is -0.131. The van der Waals surface area contributed by atoms with Gasteiger partial charge in [-0.15, -0.1) is 0 Å². The largest absolute Gasteiger partial charge is 0.494 e. The van der Waals surface area contributed by atoms with Crippen LogP contribution in [-0.4, -0.2) is 59.4 Å². The van der Waals surface area contributed by atoms with Gasteiger partial charge >= 0.3 is 0 Å². The maximum Gasteiger partial charge on any atom is 0.254 e. The minimum Gasteiger partial charge on any atom is -0.494 e. The molecule has 2 aromatic rings. The second-order valence-corrected chi connectivity index (χ2v) is 9.11. The molecule has 2 fully saturated rings. The van der Waals surface area contributed by atoms with Gasteiger partial charge in [-0.25, -0.2) is 4.98 Å². The summed E-state index contributed by atoms with van der Waals surface area (Å²) in [7, 11) is 0. The number of carbonyl (C=O) groups excluding carboxylic acids is 2. The van der Waals surface area contributed by atoms with Gasteiger partial charge in [-0.1, -0.05) is 44.2 Å². The van der Waals surface area contributed by atoms with Gasteiger partial charge in [-0.05, 0) is 42.2 Å². The van der Waals surface area contributed by atoms with Crippen molar-refractivity contribution in [1.29, 1.82) is 0 Å². The average Bonchev–Trinajstić information content (AvgIpc) is 2.86. The summed E-state index contributed by atoms with van der Waals surface area (Å²) in [6.07, 6.45) is 9.68. The summed E-state index contributed by atoms with van der Waals surface area (Å²) in [4.78, 5) is 33.3. The van der Waals surface area contributed by atoms with Gasteiger partial charge in [0.15, 0.2) is 0 Å². The van der Waals surface area contributed by atoms with Gasteiger partial charge in [0.1, 0.15) is 11.6 Å². The van der Waals surface area contributed by atoms with Crippen molar-refractivity contribution < 1.29 is 14.3 Å². The highest BCUT2D eigenvalue weighted by Gasteiger charge is 2.25. The minimum atomic E-state index is -0.0115. The highest BCUT2D eigenvalue weighted by atomic mass is 16.5. The molecule has 1 aliphatic carbocycles. The van der Waals surface area contributed by atoms with Crippen molar-refractivity contribution in [2.45, 2.75) is 44.9 Å². The second kappa shape index (κ2) is 11.2. The molecule has 2 amide bonds. The fourth-order valence-corrected chi connectivity index (χ4v) is 4.71. The lowest BCUT2D eigenvalue weighted by Gasteiger charge is -2.35. The third-order valence-electron chi connectivity index (χ3n) is 6.72. The molecule has 7 nitrogen and oxygen atoms in total. The number of carbonyl (C=O) groups is 2. The quantitative estimate of drug-likeness (QED) is 0.697. The summed E-state index contributed by atoms with van der Waals surface area (Å²) < 4.78 is 5.96. The number of nitrogen functional groups attached to an aromatic ring is 1.